The average molecular weight is 485 g/mol. The molecule has 0 N–H and O–H groups in total. The number of aldehydes is 1. The average Bonchev–Trinajstić information content (AvgIpc) is 2.87. The van der Waals surface area contributed by atoms with E-state index < -0.39 is 0 Å². The second kappa shape index (κ2) is 30.7. The number of unbranched alkanes of at least 4 members (excludes halogenated alkanes) is 17. The Labute approximate surface area is 220 Å². The summed E-state index contributed by atoms with van der Waals surface area (Å²) in [4.78, 5) is 11.3. The van der Waals surface area contributed by atoms with Crippen molar-refractivity contribution in [3.63, 3.8) is 0 Å². The molecule has 0 aliphatic heterocycles. The summed E-state index contributed by atoms with van der Waals surface area (Å²) in [6.45, 7) is 4.53. The molecular weight excluding hydrogens is 424 g/mol. The van der Waals surface area contributed by atoms with E-state index in [9.17, 15) is 4.79 Å². The lowest BCUT2D eigenvalue weighted by Gasteiger charge is -2.01. The second-order valence-corrected chi connectivity index (χ2v) is 10.2. The number of hydrogen-bond donors (Lipinski definition) is 0. The Morgan fingerprint density at radius 3 is 1.40 bits per heavy atom. The van der Waals surface area contributed by atoms with Crippen molar-refractivity contribution in [1.82, 2.24) is 0 Å². The maximum absolute atomic E-state index is 11.3. The lowest BCUT2D eigenvalue weighted by Crippen LogP contribution is -1.87. The normalized spacial score (nSPS) is 12.6. The van der Waals surface area contributed by atoms with Gasteiger partial charge in [0.05, 0.1) is 0 Å². The van der Waals surface area contributed by atoms with Gasteiger partial charge in [-0.3, -0.25) is 4.79 Å². The molecule has 0 atom stereocenters. The zero-order valence-electron chi connectivity index (χ0n) is 23.8. The first-order valence-corrected chi connectivity index (χ1v) is 15.4. The van der Waals surface area contributed by atoms with Crippen molar-refractivity contribution in [2.45, 2.75) is 162 Å². The molecule has 0 aromatic heterocycles. The zero-order valence-corrected chi connectivity index (χ0v) is 23.8. The lowest BCUT2D eigenvalue weighted by atomic mass is 10.0. The largest absolute Gasteiger partial charge is 0.298 e. The summed E-state index contributed by atoms with van der Waals surface area (Å²) in [5.74, 6) is 0. The van der Waals surface area contributed by atoms with Crippen molar-refractivity contribution in [1.29, 1.82) is 0 Å². The fraction of sp³-hybridized carbons (Fsp3) is 0.735. The maximum Gasteiger partial charge on any atom is 0.145 e. The number of carbonyl (C=O) groups excluding carboxylic acids is 1. The summed E-state index contributed by atoms with van der Waals surface area (Å²) < 4.78 is 0. The molecule has 0 rings (SSSR count). The van der Waals surface area contributed by atoms with Crippen LogP contribution in [0, 0.1) is 0 Å². The molecule has 35 heavy (non-hydrogen) atoms. The van der Waals surface area contributed by atoms with Gasteiger partial charge in [-0.25, -0.2) is 0 Å². The summed E-state index contributed by atoms with van der Waals surface area (Å²) in [6.07, 6.45) is 46.3. The monoisotopic (exact) mass is 484 g/mol. The fourth-order valence-corrected chi connectivity index (χ4v) is 4.32. The van der Waals surface area contributed by atoms with Crippen molar-refractivity contribution >= 4 is 6.29 Å². The molecule has 0 aromatic rings. The first kappa shape index (κ1) is 33.6. The van der Waals surface area contributed by atoms with E-state index in [0.717, 1.165) is 44.0 Å². The third-order valence-electron chi connectivity index (χ3n) is 6.69. The van der Waals surface area contributed by atoms with E-state index in [0.29, 0.717) is 0 Å². The van der Waals surface area contributed by atoms with Crippen molar-refractivity contribution in [3.05, 3.63) is 48.1 Å². The van der Waals surface area contributed by atoms with Crippen LogP contribution in [-0.4, -0.2) is 6.29 Å². The highest BCUT2D eigenvalue weighted by atomic mass is 16.1. The summed E-state index contributed by atoms with van der Waals surface area (Å²) >= 11 is 0. The molecule has 0 fully saturated rings. The van der Waals surface area contributed by atoms with Gasteiger partial charge in [0.15, 0.2) is 0 Å². The molecule has 0 heterocycles. The first-order valence-electron chi connectivity index (χ1n) is 15.4. The van der Waals surface area contributed by atoms with Gasteiger partial charge in [-0.15, -0.1) is 0 Å². The van der Waals surface area contributed by atoms with Crippen LogP contribution in [0.3, 0.4) is 0 Å². The third-order valence-corrected chi connectivity index (χ3v) is 6.69. The van der Waals surface area contributed by atoms with E-state index in [2.05, 4.69) is 56.4 Å². The second-order valence-electron chi connectivity index (χ2n) is 10.2. The van der Waals surface area contributed by atoms with Gasteiger partial charge in [-0.1, -0.05) is 121 Å². The van der Waals surface area contributed by atoms with Crippen LogP contribution in [-0.2, 0) is 4.79 Å². The van der Waals surface area contributed by atoms with Gasteiger partial charge in [-0.2, -0.15) is 0 Å². The fourth-order valence-electron chi connectivity index (χ4n) is 4.32. The Hall–Kier alpha value is -1.37. The van der Waals surface area contributed by atoms with E-state index in [4.69, 9.17) is 0 Å². The maximum atomic E-state index is 11.3. The van der Waals surface area contributed by atoms with E-state index >= 15 is 0 Å². The molecule has 1 nitrogen and oxygen atoms in total. The quantitative estimate of drug-likeness (QED) is 0.0490. The predicted molar refractivity (Wildman–Crippen MR) is 159 cm³/mol. The van der Waals surface area contributed by atoms with Crippen LogP contribution < -0.4 is 0 Å². The Balaban J connectivity index is 3.51. The van der Waals surface area contributed by atoms with E-state index in [1.807, 2.05) is 0 Å². The third kappa shape index (κ3) is 28.8. The topological polar surface area (TPSA) is 17.1 Å². The standard InChI is InChI=1S/C34H60O/c1-3-5-7-9-11-13-15-17-18-20-22-24-26-28-30-32-34(33-35)31-29-27-25-23-21-19-16-14-12-10-8-6-4-2/h12,14,17-19,21,32-33H,3-11,13,15-16,20,22-31H2,1-2H3/b14-12-,18-17-,21-19-,34-32+. The smallest absolute Gasteiger partial charge is 0.145 e. The summed E-state index contributed by atoms with van der Waals surface area (Å²) in [5.41, 5.74) is 1.02. The molecule has 0 unspecified atom stereocenters. The molecule has 0 aliphatic rings. The highest BCUT2D eigenvalue weighted by Gasteiger charge is 1.97. The molecule has 0 amide bonds. The van der Waals surface area contributed by atoms with Gasteiger partial charge in [-0.05, 0) is 89.0 Å². The zero-order chi connectivity index (χ0) is 25.5. The minimum absolute atomic E-state index is 0.955. The molecule has 1 heteroatoms. The van der Waals surface area contributed by atoms with Crippen LogP contribution in [0.25, 0.3) is 0 Å². The Morgan fingerprint density at radius 1 is 0.457 bits per heavy atom. The first-order chi connectivity index (χ1) is 17.3. The van der Waals surface area contributed by atoms with Crippen LogP contribution in [0.5, 0.6) is 0 Å². The molecule has 0 spiro atoms. The molecule has 0 radical (unpaired) electrons. The molecular formula is C34H60O. The van der Waals surface area contributed by atoms with Crippen LogP contribution in [0.2, 0.25) is 0 Å². The summed E-state index contributed by atoms with van der Waals surface area (Å²) in [6, 6.07) is 0. The van der Waals surface area contributed by atoms with Crippen molar-refractivity contribution < 1.29 is 4.79 Å². The SMILES string of the molecule is CCCCC/C=C\C/C=C\CCCCC/C(C=O)=C\CCCCCC/C=C\CCCCCCCC. The van der Waals surface area contributed by atoms with Crippen LogP contribution in [0.15, 0.2) is 48.1 Å². The molecule has 0 aromatic carbocycles. The van der Waals surface area contributed by atoms with Crippen molar-refractivity contribution in [2.75, 3.05) is 0 Å². The molecule has 0 saturated heterocycles. The van der Waals surface area contributed by atoms with Gasteiger partial charge < -0.3 is 0 Å². The van der Waals surface area contributed by atoms with Crippen LogP contribution in [0.4, 0.5) is 0 Å². The highest BCUT2D eigenvalue weighted by Crippen LogP contribution is 2.13. The minimum atomic E-state index is 0.955. The highest BCUT2D eigenvalue weighted by molar-refractivity contribution is 5.72. The molecule has 0 bridgehead atoms. The molecule has 0 aliphatic carbocycles. The Bertz CT molecular complexity index is 537. The number of allylic oxidation sites excluding steroid dienone is 8. The van der Waals surface area contributed by atoms with Gasteiger partial charge in [0, 0.05) is 0 Å². The van der Waals surface area contributed by atoms with Crippen molar-refractivity contribution in [3.8, 4) is 0 Å². The lowest BCUT2D eigenvalue weighted by molar-refractivity contribution is -0.105. The Kier molecular flexibility index (Phi) is 29.5. The van der Waals surface area contributed by atoms with Gasteiger partial charge in [0.1, 0.15) is 6.29 Å². The van der Waals surface area contributed by atoms with E-state index in [1.54, 1.807) is 0 Å². The van der Waals surface area contributed by atoms with Gasteiger partial charge in [0.2, 0.25) is 0 Å². The van der Waals surface area contributed by atoms with Crippen molar-refractivity contribution in [2.24, 2.45) is 0 Å². The molecule has 0 saturated carbocycles. The van der Waals surface area contributed by atoms with Gasteiger partial charge >= 0.3 is 0 Å². The summed E-state index contributed by atoms with van der Waals surface area (Å²) in [7, 11) is 0. The van der Waals surface area contributed by atoms with Crippen LogP contribution in [0.1, 0.15) is 162 Å². The summed E-state index contributed by atoms with van der Waals surface area (Å²) in [5, 5.41) is 0. The number of carbonyl (C=O) groups is 1. The van der Waals surface area contributed by atoms with Gasteiger partial charge in [0.25, 0.3) is 0 Å². The number of rotatable bonds is 27. The number of hydrogen-bond acceptors (Lipinski definition) is 1. The Morgan fingerprint density at radius 2 is 0.857 bits per heavy atom. The van der Waals surface area contributed by atoms with E-state index in [1.165, 1.54) is 116 Å². The molecule has 202 valence electrons. The minimum Gasteiger partial charge on any atom is -0.298 e. The van der Waals surface area contributed by atoms with Crippen LogP contribution >= 0.6 is 0 Å². The predicted octanol–water partition coefficient (Wildman–Crippen LogP) is 11.8. The van der Waals surface area contributed by atoms with E-state index in [-0.39, 0.29) is 0 Å².